The van der Waals surface area contributed by atoms with E-state index in [1.54, 1.807) is 6.20 Å². The summed E-state index contributed by atoms with van der Waals surface area (Å²) in [5.41, 5.74) is 6.14. The van der Waals surface area contributed by atoms with E-state index >= 15 is 0 Å². The van der Waals surface area contributed by atoms with E-state index in [0.717, 1.165) is 34.4 Å². The number of hydrogen-bond donors (Lipinski definition) is 2. The fourth-order valence-corrected chi connectivity index (χ4v) is 2.80. The summed E-state index contributed by atoms with van der Waals surface area (Å²) in [5.74, 6) is 6.68. The summed E-state index contributed by atoms with van der Waals surface area (Å²) < 4.78 is 6.67. The van der Waals surface area contributed by atoms with Crippen molar-refractivity contribution in [2.75, 3.05) is 6.61 Å². The van der Waals surface area contributed by atoms with Gasteiger partial charge in [-0.2, -0.15) is 0 Å². The first kappa shape index (κ1) is 12.6. The quantitative estimate of drug-likeness (QED) is 0.673. The second-order valence-electron chi connectivity index (χ2n) is 4.47. The predicted molar refractivity (Wildman–Crippen MR) is 76.7 cm³/mol. The molecule has 0 bridgehead atoms. The van der Waals surface area contributed by atoms with Crippen LogP contribution in [0.15, 0.2) is 41.1 Å². The fourth-order valence-electron chi connectivity index (χ4n) is 2.42. The number of nitrogens with zero attached hydrogens (tertiary/aromatic N) is 1. The van der Waals surface area contributed by atoms with Crippen LogP contribution in [0, 0.1) is 0 Å². The molecular weight excluding hydrogens is 306 g/mol. The zero-order valence-electron chi connectivity index (χ0n) is 10.3. The molecule has 3 N–H and O–H groups in total. The molecule has 1 aliphatic rings. The van der Waals surface area contributed by atoms with Crippen LogP contribution in [0.5, 0.6) is 5.75 Å². The van der Waals surface area contributed by atoms with Crippen molar-refractivity contribution in [2.24, 2.45) is 5.84 Å². The summed E-state index contributed by atoms with van der Waals surface area (Å²) >= 11 is 3.43. The van der Waals surface area contributed by atoms with Crippen LogP contribution in [0.25, 0.3) is 0 Å². The Bertz CT molecular complexity index is 603. The molecule has 0 amide bonds. The Labute approximate surface area is 120 Å². The molecule has 0 aliphatic carbocycles. The highest BCUT2D eigenvalue weighted by atomic mass is 79.9. The number of hydrogen-bond acceptors (Lipinski definition) is 4. The summed E-state index contributed by atoms with van der Waals surface area (Å²) in [6.07, 6.45) is 4.52. The molecule has 0 spiro atoms. The van der Waals surface area contributed by atoms with Gasteiger partial charge in [0.15, 0.2) is 0 Å². The van der Waals surface area contributed by atoms with E-state index in [1.807, 2.05) is 24.4 Å². The van der Waals surface area contributed by atoms with Crippen LogP contribution < -0.4 is 16.0 Å². The molecule has 1 aliphatic heterocycles. The lowest BCUT2D eigenvalue weighted by Gasteiger charge is -2.19. The Hall–Kier alpha value is -1.43. The molecule has 19 heavy (non-hydrogen) atoms. The molecule has 1 aromatic carbocycles. The Morgan fingerprint density at radius 1 is 1.37 bits per heavy atom. The van der Waals surface area contributed by atoms with Gasteiger partial charge in [0, 0.05) is 28.9 Å². The van der Waals surface area contributed by atoms with Gasteiger partial charge in [-0.05, 0) is 33.1 Å². The molecule has 2 heterocycles. The van der Waals surface area contributed by atoms with E-state index in [-0.39, 0.29) is 6.04 Å². The normalized spacial score (nSPS) is 14.8. The molecule has 0 saturated carbocycles. The zero-order chi connectivity index (χ0) is 13.2. The van der Waals surface area contributed by atoms with E-state index in [2.05, 4.69) is 32.4 Å². The lowest BCUT2D eigenvalue weighted by Crippen LogP contribution is -2.29. The van der Waals surface area contributed by atoms with E-state index in [1.165, 1.54) is 5.56 Å². The van der Waals surface area contributed by atoms with Crippen molar-refractivity contribution in [1.82, 2.24) is 10.4 Å². The monoisotopic (exact) mass is 319 g/mol. The fraction of sp³-hybridized carbons (Fsp3) is 0.214. The third-order valence-electron chi connectivity index (χ3n) is 3.28. The van der Waals surface area contributed by atoms with Gasteiger partial charge in [-0.25, -0.2) is 5.43 Å². The minimum atomic E-state index is -0.127. The molecule has 1 aromatic heterocycles. The summed E-state index contributed by atoms with van der Waals surface area (Å²) in [5, 5.41) is 0. The third kappa shape index (κ3) is 2.36. The topological polar surface area (TPSA) is 60.2 Å². The van der Waals surface area contributed by atoms with E-state index < -0.39 is 0 Å². The molecule has 3 rings (SSSR count). The smallest absolute Gasteiger partial charge is 0.127 e. The Morgan fingerprint density at radius 3 is 3.05 bits per heavy atom. The average molecular weight is 320 g/mol. The second kappa shape index (κ2) is 5.28. The molecule has 0 fully saturated rings. The molecule has 5 heteroatoms. The van der Waals surface area contributed by atoms with Crippen molar-refractivity contribution in [1.29, 1.82) is 0 Å². The number of benzene rings is 1. The molecule has 4 nitrogen and oxygen atoms in total. The molecule has 2 aromatic rings. The largest absolute Gasteiger partial charge is 0.493 e. The standard InChI is InChI=1S/C14H14BrN3O/c15-11-6-10(7-17-8-11)13(18-16)12-3-1-2-9-4-5-19-14(9)12/h1-3,6-8,13,18H,4-5,16H2. The van der Waals surface area contributed by atoms with Gasteiger partial charge in [0.2, 0.25) is 0 Å². The average Bonchev–Trinajstić information content (AvgIpc) is 2.89. The van der Waals surface area contributed by atoms with Crippen molar-refractivity contribution >= 4 is 15.9 Å². The van der Waals surface area contributed by atoms with Crippen molar-refractivity contribution < 1.29 is 4.74 Å². The van der Waals surface area contributed by atoms with Gasteiger partial charge in [0.25, 0.3) is 0 Å². The maximum Gasteiger partial charge on any atom is 0.127 e. The minimum Gasteiger partial charge on any atom is -0.493 e. The van der Waals surface area contributed by atoms with Gasteiger partial charge < -0.3 is 4.74 Å². The van der Waals surface area contributed by atoms with Gasteiger partial charge in [-0.1, -0.05) is 18.2 Å². The summed E-state index contributed by atoms with van der Waals surface area (Å²) in [7, 11) is 0. The lowest BCUT2D eigenvalue weighted by molar-refractivity contribution is 0.350. The van der Waals surface area contributed by atoms with Crippen LogP contribution in [0.1, 0.15) is 22.7 Å². The number of hydrazine groups is 1. The van der Waals surface area contributed by atoms with Gasteiger partial charge in [-0.15, -0.1) is 0 Å². The van der Waals surface area contributed by atoms with Gasteiger partial charge >= 0.3 is 0 Å². The highest BCUT2D eigenvalue weighted by molar-refractivity contribution is 9.10. The number of nitrogens with one attached hydrogen (secondary N) is 1. The van der Waals surface area contributed by atoms with Crippen LogP contribution in [-0.2, 0) is 6.42 Å². The number of halogens is 1. The Morgan fingerprint density at radius 2 is 2.26 bits per heavy atom. The van der Waals surface area contributed by atoms with Gasteiger partial charge in [-0.3, -0.25) is 10.8 Å². The number of rotatable bonds is 3. The Kier molecular flexibility index (Phi) is 3.50. The molecule has 98 valence electrons. The van der Waals surface area contributed by atoms with Crippen molar-refractivity contribution in [3.63, 3.8) is 0 Å². The van der Waals surface area contributed by atoms with Gasteiger partial charge in [0.05, 0.1) is 12.6 Å². The lowest BCUT2D eigenvalue weighted by atomic mass is 9.97. The minimum absolute atomic E-state index is 0.127. The van der Waals surface area contributed by atoms with Crippen LogP contribution in [0.3, 0.4) is 0 Å². The van der Waals surface area contributed by atoms with Crippen molar-refractivity contribution in [3.8, 4) is 5.75 Å². The van der Waals surface area contributed by atoms with E-state index in [9.17, 15) is 0 Å². The maximum absolute atomic E-state index is 5.74. The summed E-state index contributed by atoms with van der Waals surface area (Å²) in [4.78, 5) is 4.19. The highest BCUT2D eigenvalue weighted by Crippen LogP contribution is 2.36. The molecule has 0 radical (unpaired) electrons. The Balaban J connectivity index is 2.06. The number of aromatic nitrogens is 1. The van der Waals surface area contributed by atoms with Crippen LogP contribution in [0.4, 0.5) is 0 Å². The first-order valence-corrected chi connectivity index (χ1v) is 6.90. The van der Waals surface area contributed by atoms with Crippen molar-refractivity contribution in [3.05, 3.63) is 57.8 Å². The number of para-hydroxylation sites is 1. The molecule has 1 atom stereocenters. The zero-order valence-corrected chi connectivity index (χ0v) is 11.9. The number of nitrogens with two attached hydrogens (primary N) is 1. The van der Waals surface area contributed by atoms with E-state index in [4.69, 9.17) is 10.6 Å². The SMILES string of the molecule is NNC(c1cncc(Br)c1)c1cccc2c1OCC2. The number of ether oxygens (including phenoxy) is 1. The first-order chi connectivity index (χ1) is 9.29. The van der Waals surface area contributed by atoms with Crippen molar-refractivity contribution in [2.45, 2.75) is 12.5 Å². The highest BCUT2D eigenvalue weighted by Gasteiger charge is 2.22. The van der Waals surface area contributed by atoms with Gasteiger partial charge in [0.1, 0.15) is 5.75 Å². The molecule has 0 saturated heterocycles. The molecular formula is C14H14BrN3O. The van der Waals surface area contributed by atoms with Crippen LogP contribution in [-0.4, -0.2) is 11.6 Å². The summed E-state index contributed by atoms with van der Waals surface area (Å²) in [6.45, 7) is 0.736. The third-order valence-corrected chi connectivity index (χ3v) is 3.72. The maximum atomic E-state index is 5.74. The summed E-state index contributed by atoms with van der Waals surface area (Å²) in [6, 6.07) is 8.05. The van der Waals surface area contributed by atoms with Crippen LogP contribution >= 0.6 is 15.9 Å². The predicted octanol–water partition coefficient (Wildman–Crippen LogP) is 2.33. The number of fused-ring (bicyclic) bond motifs is 1. The second-order valence-corrected chi connectivity index (χ2v) is 5.39. The van der Waals surface area contributed by atoms with E-state index in [0.29, 0.717) is 0 Å². The van der Waals surface area contributed by atoms with Crippen LogP contribution in [0.2, 0.25) is 0 Å². The number of pyridine rings is 1. The first-order valence-electron chi connectivity index (χ1n) is 6.11. The molecule has 1 unspecified atom stereocenters.